The van der Waals surface area contributed by atoms with Gasteiger partial charge < -0.3 is 19.3 Å². The molecule has 8 heteroatoms. The summed E-state index contributed by atoms with van der Waals surface area (Å²) in [5.41, 5.74) is -2.40. The maximum atomic E-state index is 12.5. The van der Waals surface area contributed by atoms with Gasteiger partial charge in [-0.05, 0) is 27.2 Å². The van der Waals surface area contributed by atoms with Gasteiger partial charge in [0.25, 0.3) is 0 Å². The Labute approximate surface area is 140 Å². The maximum Gasteiger partial charge on any atom is 0.338 e. The van der Waals surface area contributed by atoms with Crippen LogP contribution < -0.4 is 0 Å². The quantitative estimate of drug-likeness (QED) is 0.438. The van der Waals surface area contributed by atoms with Crippen LogP contribution in [-0.4, -0.2) is 42.8 Å². The zero-order valence-corrected chi connectivity index (χ0v) is 14.0. The Hall–Kier alpha value is -2.56. The largest absolute Gasteiger partial charge is 0.512 e. The van der Waals surface area contributed by atoms with E-state index in [1.165, 1.54) is 0 Å². The zero-order valence-electron chi connectivity index (χ0n) is 14.0. The minimum Gasteiger partial charge on any atom is -0.512 e. The number of carbonyl (C=O) groups is 3. The number of ether oxygens (including phenoxy) is 3. The first kappa shape index (κ1) is 19.5. The third-order valence-corrected chi connectivity index (χ3v) is 3.75. The second kappa shape index (κ2) is 8.34. The molecule has 0 amide bonds. The topological polar surface area (TPSA) is 123 Å². The maximum absolute atomic E-state index is 12.5. The number of nitrogens with zero attached hydrogens (tertiary/aromatic N) is 1. The van der Waals surface area contributed by atoms with Crippen molar-refractivity contribution >= 4 is 17.9 Å². The lowest BCUT2D eigenvalue weighted by Gasteiger charge is -2.36. The number of aliphatic hydroxyl groups is 1. The summed E-state index contributed by atoms with van der Waals surface area (Å²) in [5, 5.41) is 19.6. The number of carbonyl (C=O) groups excluding carboxylic acids is 3. The molecule has 0 aromatic rings. The van der Waals surface area contributed by atoms with E-state index in [-0.39, 0.29) is 38.4 Å². The zero-order chi connectivity index (χ0) is 18.3. The van der Waals surface area contributed by atoms with Crippen molar-refractivity contribution in [1.29, 1.82) is 5.26 Å². The van der Waals surface area contributed by atoms with Crippen LogP contribution in [0.2, 0.25) is 0 Å². The van der Waals surface area contributed by atoms with Crippen molar-refractivity contribution < 1.29 is 33.7 Å². The molecule has 0 bridgehead atoms. The van der Waals surface area contributed by atoms with Gasteiger partial charge in [0.05, 0.1) is 31.5 Å². The van der Waals surface area contributed by atoms with Crippen molar-refractivity contribution in [3.63, 3.8) is 0 Å². The Morgan fingerprint density at radius 1 is 1.12 bits per heavy atom. The van der Waals surface area contributed by atoms with Crippen LogP contribution in [0.15, 0.2) is 11.3 Å². The highest BCUT2D eigenvalue weighted by Gasteiger charge is 2.60. The van der Waals surface area contributed by atoms with Crippen LogP contribution in [0, 0.1) is 22.7 Å². The molecule has 8 nitrogen and oxygen atoms in total. The molecule has 0 radical (unpaired) electrons. The molecule has 0 fully saturated rings. The van der Waals surface area contributed by atoms with E-state index in [4.69, 9.17) is 14.2 Å². The predicted molar refractivity (Wildman–Crippen MR) is 80.3 cm³/mol. The van der Waals surface area contributed by atoms with Crippen molar-refractivity contribution in [2.45, 2.75) is 33.6 Å². The van der Waals surface area contributed by atoms with Crippen LogP contribution in [0.4, 0.5) is 0 Å². The third-order valence-electron chi connectivity index (χ3n) is 3.75. The average molecular weight is 339 g/mol. The number of esters is 3. The standard InChI is InChI=1S/C16H21NO7/c1-4-22-13(19)12-10(9-17)16(8-7-11(12)18,14(20)23-5-2)15(21)24-6-3/h10,18H,4-8H2,1-3H3. The van der Waals surface area contributed by atoms with Crippen molar-refractivity contribution in [1.82, 2.24) is 0 Å². The van der Waals surface area contributed by atoms with Crippen LogP contribution in [0.3, 0.4) is 0 Å². The van der Waals surface area contributed by atoms with E-state index in [2.05, 4.69) is 0 Å². The van der Waals surface area contributed by atoms with Gasteiger partial charge in [-0.15, -0.1) is 0 Å². The van der Waals surface area contributed by atoms with E-state index in [0.717, 1.165) is 0 Å². The molecule has 1 unspecified atom stereocenters. The van der Waals surface area contributed by atoms with Gasteiger partial charge in [0.2, 0.25) is 0 Å². The number of rotatable bonds is 6. The Morgan fingerprint density at radius 2 is 1.62 bits per heavy atom. The summed E-state index contributed by atoms with van der Waals surface area (Å²) in [5.74, 6) is -4.78. The lowest BCUT2D eigenvalue weighted by atomic mass is 9.65. The van der Waals surface area contributed by atoms with Crippen LogP contribution in [-0.2, 0) is 28.6 Å². The van der Waals surface area contributed by atoms with Crippen LogP contribution in [0.25, 0.3) is 0 Å². The normalized spacial score (nSPS) is 19.2. The van der Waals surface area contributed by atoms with Crippen molar-refractivity contribution in [3.05, 3.63) is 11.3 Å². The Morgan fingerprint density at radius 3 is 2.04 bits per heavy atom. The molecule has 0 aromatic heterocycles. The van der Waals surface area contributed by atoms with E-state index >= 15 is 0 Å². The van der Waals surface area contributed by atoms with Crippen LogP contribution in [0.5, 0.6) is 0 Å². The van der Waals surface area contributed by atoms with E-state index in [0.29, 0.717) is 0 Å². The van der Waals surface area contributed by atoms with E-state index in [9.17, 15) is 24.8 Å². The molecule has 24 heavy (non-hydrogen) atoms. The second-order valence-electron chi connectivity index (χ2n) is 5.06. The molecule has 1 atom stereocenters. The van der Waals surface area contributed by atoms with Crippen molar-refractivity contribution in [2.75, 3.05) is 19.8 Å². The van der Waals surface area contributed by atoms with Gasteiger partial charge in [0.15, 0.2) is 5.41 Å². The van der Waals surface area contributed by atoms with E-state index < -0.39 is 34.8 Å². The molecule has 0 aromatic carbocycles. The number of nitriles is 1. The second-order valence-corrected chi connectivity index (χ2v) is 5.06. The minimum atomic E-state index is -2.00. The first-order valence-electron chi connectivity index (χ1n) is 7.73. The van der Waals surface area contributed by atoms with E-state index in [1.807, 2.05) is 0 Å². The average Bonchev–Trinajstić information content (AvgIpc) is 2.54. The van der Waals surface area contributed by atoms with Gasteiger partial charge in [0.1, 0.15) is 11.7 Å². The van der Waals surface area contributed by atoms with Gasteiger partial charge in [-0.1, -0.05) is 0 Å². The SMILES string of the molecule is CCOC(=O)C1=C(O)CCC(C(=O)OCC)(C(=O)OCC)C1C#N. The first-order chi connectivity index (χ1) is 11.4. The van der Waals surface area contributed by atoms with E-state index in [1.54, 1.807) is 26.8 Å². The number of hydrogen-bond donors (Lipinski definition) is 1. The summed E-state index contributed by atoms with van der Waals surface area (Å²) in [6, 6.07) is 1.77. The molecule has 1 rings (SSSR count). The van der Waals surface area contributed by atoms with Gasteiger partial charge in [0, 0.05) is 6.42 Å². The summed E-state index contributed by atoms with van der Waals surface area (Å²) >= 11 is 0. The Kier molecular flexibility index (Phi) is 6.77. The Balaban J connectivity index is 3.49. The highest BCUT2D eigenvalue weighted by atomic mass is 16.6. The summed E-state index contributed by atoms with van der Waals surface area (Å²) in [4.78, 5) is 37.1. The highest BCUT2D eigenvalue weighted by Crippen LogP contribution is 2.46. The Bertz CT molecular complexity index is 570. The molecule has 1 aliphatic rings. The van der Waals surface area contributed by atoms with Crippen LogP contribution >= 0.6 is 0 Å². The van der Waals surface area contributed by atoms with Gasteiger partial charge in [-0.2, -0.15) is 5.26 Å². The molecule has 132 valence electrons. The lowest BCUT2D eigenvalue weighted by Crippen LogP contribution is -2.51. The lowest BCUT2D eigenvalue weighted by molar-refractivity contribution is -0.176. The summed E-state index contributed by atoms with van der Waals surface area (Å²) in [6.07, 6.45) is -0.346. The number of hydrogen-bond acceptors (Lipinski definition) is 8. The van der Waals surface area contributed by atoms with Gasteiger partial charge in [-0.25, -0.2) is 4.79 Å². The van der Waals surface area contributed by atoms with Crippen molar-refractivity contribution in [3.8, 4) is 6.07 Å². The fraction of sp³-hybridized carbons (Fsp3) is 0.625. The molecule has 0 saturated carbocycles. The molecule has 1 aliphatic carbocycles. The molecular formula is C16H21NO7. The van der Waals surface area contributed by atoms with Crippen LogP contribution in [0.1, 0.15) is 33.6 Å². The fourth-order valence-corrected chi connectivity index (χ4v) is 2.67. The smallest absolute Gasteiger partial charge is 0.338 e. The summed E-state index contributed by atoms with van der Waals surface area (Å²) in [7, 11) is 0. The monoisotopic (exact) mass is 339 g/mol. The van der Waals surface area contributed by atoms with Gasteiger partial charge in [-0.3, -0.25) is 9.59 Å². The minimum absolute atomic E-state index is 0.0113. The molecule has 0 aliphatic heterocycles. The molecular weight excluding hydrogens is 318 g/mol. The highest BCUT2D eigenvalue weighted by molar-refractivity contribution is 6.04. The first-order valence-corrected chi connectivity index (χ1v) is 7.73. The van der Waals surface area contributed by atoms with Crippen molar-refractivity contribution in [2.24, 2.45) is 11.3 Å². The number of aliphatic hydroxyl groups excluding tert-OH is 1. The molecule has 0 spiro atoms. The summed E-state index contributed by atoms with van der Waals surface area (Å²) in [6.45, 7) is 4.66. The fourth-order valence-electron chi connectivity index (χ4n) is 2.67. The number of allylic oxidation sites excluding steroid dienone is 1. The molecule has 0 saturated heterocycles. The molecule has 0 heterocycles. The summed E-state index contributed by atoms with van der Waals surface area (Å²) < 4.78 is 14.8. The molecule has 1 N–H and O–H groups in total. The van der Waals surface area contributed by atoms with Gasteiger partial charge >= 0.3 is 17.9 Å². The third kappa shape index (κ3) is 3.35. The predicted octanol–water partition coefficient (Wildman–Crippen LogP) is 1.41.